The number of nitro benzene ring substituents is 1. The van der Waals surface area contributed by atoms with E-state index in [1.165, 1.54) is 12.1 Å². The first-order chi connectivity index (χ1) is 9.52. The normalized spacial score (nSPS) is 21.6. The van der Waals surface area contributed by atoms with Gasteiger partial charge in [-0.25, -0.2) is 0 Å². The van der Waals surface area contributed by atoms with Crippen LogP contribution in [0.3, 0.4) is 0 Å². The van der Waals surface area contributed by atoms with Crippen molar-refractivity contribution in [1.82, 2.24) is 5.32 Å². The van der Waals surface area contributed by atoms with Crippen LogP contribution in [0.15, 0.2) is 18.2 Å². The highest BCUT2D eigenvalue weighted by atomic mass is 16.6. The Morgan fingerprint density at radius 1 is 1.50 bits per heavy atom. The number of amides is 1. The number of likely N-dealkylation sites (N-methyl/N-ethyl adjacent to an activating group) is 1. The highest BCUT2D eigenvalue weighted by Gasteiger charge is 2.33. The van der Waals surface area contributed by atoms with E-state index in [-0.39, 0.29) is 35.0 Å². The van der Waals surface area contributed by atoms with Crippen LogP contribution >= 0.6 is 0 Å². The molecule has 1 aromatic carbocycles. The summed E-state index contributed by atoms with van der Waals surface area (Å²) >= 11 is 0. The summed E-state index contributed by atoms with van der Waals surface area (Å²) in [6.07, 6.45) is 0. The summed E-state index contributed by atoms with van der Waals surface area (Å²) in [6, 6.07) is 3.43. The van der Waals surface area contributed by atoms with Crippen molar-refractivity contribution in [2.75, 3.05) is 25.6 Å². The minimum Gasteiger partial charge on any atom is -0.506 e. The molecule has 8 nitrogen and oxygen atoms in total. The van der Waals surface area contributed by atoms with Crippen LogP contribution < -0.4 is 10.6 Å². The number of benzene rings is 1. The molecule has 2 unspecified atom stereocenters. The van der Waals surface area contributed by atoms with Gasteiger partial charge in [-0.3, -0.25) is 14.9 Å². The van der Waals surface area contributed by atoms with E-state index in [0.717, 1.165) is 6.07 Å². The molecule has 1 aromatic rings. The van der Waals surface area contributed by atoms with Gasteiger partial charge >= 0.3 is 0 Å². The fraction of sp³-hybridized carbons (Fsp3) is 0.417. The van der Waals surface area contributed by atoms with Gasteiger partial charge in [0.15, 0.2) is 0 Å². The Morgan fingerprint density at radius 3 is 2.85 bits per heavy atom. The maximum Gasteiger partial charge on any atom is 0.273 e. The number of phenolic OH excluding ortho intramolecular Hbond substituents is 1. The molecule has 1 aliphatic heterocycles. The van der Waals surface area contributed by atoms with Gasteiger partial charge in [0.05, 0.1) is 35.8 Å². The van der Waals surface area contributed by atoms with Gasteiger partial charge in [0, 0.05) is 12.1 Å². The molecule has 1 heterocycles. The number of carbonyl (C=O) groups is 1. The number of rotatable bonds is 4. The molecule has 0 radical (unpaired) electrons. The molecule has 0 aliphatic carbocycles. The molecule has 1 saturated heterocycles. The Morgan fingerprint density at radius 2 is 2.25 bits per heavy atom. The number of nitro groups is 1. The molecule has 20 heavy (non-hydrogen) atoms. The maximum absolute atomic E-state index is 12.1. The summed E-state index contributed by atoms with van der Waals surface area (Å²) in [6.45, 7) is 0.742. The van der Waals surface area contributed by atoms with Crippen LogP contribution in [0.5, 0.6) is 5.75 Å². The third kappa shape index (κ3) is 2.86. The number of carbonyl (C=O) groups excluding carboxylic acids is 1. The topological polar surface area (TPSA) is 114 Å². The van der Waals surface area contributed by atoms with Crippen molar-refractivity contribution >= 4 is 17.3 Å². The summed E-state index contributed by atoms with van der Waals surface area (Å²) in [4.78, 5) is 22.0. The third-order valence-corrected chi connectivity index (χ3v) is 3.24. The first-order valence-electron chi connectivity index (χ1n) is 6.06. The molecule has 108 valence electrons. The van der Waals surface area contributed by atoms with E-state index >= 15 is 0 Å². The predicted molar refractivity (Wildman–Crippen MR) is 70.5 cm³/mol. The van der Waals surface area contributed by atoms with E-state index < -0.39 is 4.92 Å². The van der Waals surface area contributed by atoms with Gasteiger partial charge in [-0.15, -0.1) is 0 Å². The molecule has 1 fully saturated rings. The number of anilines is 1. The van der Waals surface area contributed by atoms with Crippen LogP contribution in [-0.4, -0.2) is 42.2 Å². The number of nitrogens with zero attached hydrogens (tertiary/aromatic N) is 1. The van der Waals surface area contributed by atoms with Crippen molar-refractivity contribution in [3.8, 4) is 5.75 Å². The molecule has 0 bridgehead atoms. The zero-order valence-corrected chi connectivity index (χ0v) is 10.8. The molecule has 3 N–H and O–H groups in total. The first kappa shape index (κ1) is 14.2. The van der Waals surface area contributed by atoms with E-state index in [0.29, 0.717) is 13.2 Å². The maximum atomic E-state index is 12.1. The minimum absolute atomic E-state index is 0.0878. The number of hydrogen-bond acceptors (Lipinski definition) is 6. The van der Waals surface area contributed by atoms with Crippen LogP contribution in [0.1, 0.15) is 0 Å². The predicted octanol–water partition coefficient (Wildman–Crippen LogP) is 0.473. The van der Waals surface area contributed by atoms with Crippen LogP contribution in [-0.2, 0) is 9.53 Å². The van der Waals surface area contributed by atoms with Crippen LogP contribution in [0, 0.1) is 16.0 Å². The zero-order valence-electron chi connectivity index (χ0n) is 10.8. The van der Waals surface area contributed by atoms with E-state index in [2.05, 4.69) is 10.6 Å². The lowest BCUT2D eigenvalue weighted by Crippen LogP contribution is -2.39. The Labute approximate surface area is 114 Å². The highest BCUT2D eigenvalue weighted by Crippen LogP contribution is 2.28. The third-order valence-electron chi connectivity index (χ3n) is 3.24. The molecular formula is C12H15N3O5. The van der Waals surface area contributed by atoms with Crippen LogP contribution in [0.2, 0.25) is 0 Å². The smallest absolute Gasteiger partial charge is 0.273 e. The lowest BCUT2D eigenvalue weighted by molar-refractivity contribution is -0.384. The molecule has 8 heteroatoms. The van der Waals surface area contributed by atoms with Crippen LogP contribution in [0.4, 0.5) is 11.4 Å². The van der Waals surface area contributed by atoms with Crippen molar-refractivity contribution in [3.63, 3.8) is 0 Å². The SMILES string of the molecule is CNC1COCC1C(=O)Nc1ccc([N+](=O)[O-])cc1O. The van der Waals surface area contributed by atoms with Gasteiger partial charge < -0.3 is 20.5 Å². The summed E-state index contributed by atoms with van der Waals surface area (Å²) in [5, 5.41) is 25.8. The van der Waals surface area contributed by atoms with Crippen molar-refractivity contribution in [2.45, 2.75) is 6.04 Å². The first-order valence-corrected chi connectivity index (χ1v) is 6.06. The lowest BCUT2D eigenvalue weighted by atomic mass is 10.0. The number of nitrogens with one attached hydrogen (secondary N) is 2. The molecule has 1 amide bonds. The molecule has 0 saturated carbocycles. The van der Waals surface area contributed by atoms with Crippen LogP contribution in [0.25, 0.3) is 0 Å². The van der Waals surface area contributed by atoms with E-state index in [4.69, 9.17) is 4.74 Å². The second kappa shape index (κ2) is 5.85. The molecule has 0 aromatic heterocycles. The molecule has 1 aliphatic rings. The monoisotopic (exact) mass is 281 g/mol. The summed E-state index contributed by atoms with van der Waals surface area (Å²) < 4.78 is 5.23. The van der Waals surface area contributed by atoms with Gasteiger partial charge in [-0.2, -0.15) is 0 Å². The quantitative estimate of drug-likeness (QED) is 0.420. The fourth-order valence-corrected chi connectivity index (χ4v) is 2.06. The lowest BCUT2D eigenvalue weighted by Gasteiger charge is -2.16. The second-order valence-electron chi connectivity index (χ2n) is 4.49. The van der Waals surface area contributed by atoms with E-state index in [1.54, 1.807) is 7.05 Å². The minimum atomic E-state index is -0.618. The number of phenols is 1. The number of hydrogen-bond donors (Lipinski definition) is 3. The number of non-ortho nitro benzene ring substituents is 1. The van der Waals surface area contributed by atoms with Crippen molar-refractivity contribution in [3.05, 3.63) is 28.3 Å². The van der Waals surface area contributed by atoms with Gasteiger partial charge in [0.2, 0.25) is 5.91 Å². The molecule has 2 atom stereocenters. The van der Waals surface area contributed by atoms with Crippen molar-refractivity contribution < 1.29 is 19.6 Å². The van der Waals surface area contributed by atoms with Gasteiger partial charge in [-0.1, -0.05) is 0 Å². The average Bonchev–Trinajstić information content (AvgIpc) is 2.89. The Balaban J connectivity index is 2.10. The molecule has 2 rings (SSSR count). The Hall–Kier alpha value is -2.19. The average molecular weight is 281 g/mol. The zero-order chi connectivity index (χ0) is 14.7. The number of ether oxygens (including phenoxy) is 1. The van der Waals surface area contributed by atoms with Gasteiger partial charge in [0.25, 0.3) is 5.69 Å². The fourth-order valence-electron chi connectivity index (χ4n) is 2.06. The Kier molecular flexibility index (Phi) is 4.16. The van der Waals surface area contributed by atoms with E-state index in [9.17, 15) is 20.0 Å². The van der Waals surface area contributed by atoms with E-state index in [1.807, 2.05) is 0 Å². The van der Waals surface area contributed by atoms with Gasteiger partial charge in [0.1, 0.15) is 5.75 Å². The largest absolute Gasteiger partial charge is 0.506 e. The summed E-state index contributed by atoms with van der Waals surface area (Å²) in [7, 11) is 1.74. The summed E-state index contributed by atoms with van der Waals surface area (Å²) in [5.41, 5.74) is -0.0971. The summed E-state index contributed by atoms with van der Waals surface area (Å²) in [5.74, 6) is -1.01. The van der Waals surface area contributed by atoms with Gasteiger partial charge in [-0.05, 0) is 13.1 Å². The van der Waals surface area contributed by atoms with Crippen molar-refractivity contribution in [1.29, 1.82) is 0 Å². The second-order valence-corrected chi connectivity index (χ2v) is 4.49. The Bertz CT molecular complexity index is 534. The number of aromatic hydroxyl groups is 1. The molecular weight excluding hydrogens is 266 g/mol. The standard InChI is InChI=1S/C12H15N3O5/c1-13-10-6-20-5-8(10)12(17)14-9-3-2-7(15(18)19)4-11(9)16/h2-4,8,10,13,16H,5-6H2,1H3,(H,14,17). The molecule has 0 spiro atoms. The highest BCUT2D eigenvalue weighted by molar-refractivity contribution is 5.94. The van der Waals surface area contributed by atoms with Crippen molar-refractivity contribution in [2.24, 2.45) is 5.92 Å².